The molecule has 0 unspecified atom stereocenters. The van der Waals surface area contributed by atoms with Gasteiger partial charge in [0.2, 0.25) is 0 Å². The normalized spacial score (nSPS) is 10.3. The number of hydrogen-bond acceptors (Lipinski definition) is 2. The summed E-state index contributed by atoms with van der Waals surface area (Å²) >= 11 is 3.35. The Kier molecular flexibility index (Phi) is 2.77. The van der Waals surface area contributed by atoms with Crippen molar-refractivity contribution in [1.82, 2.24) is 9.78 Å². The standard InChI is InChI=1S/C11H11BrN2O/c1-14-10(7-11(12)13-14)8-4-3-5-9(6-8)15-2/h3-7H,1-2H3. The molecule has 2 rings (SSSR count). The summed E-state index contributed by atoms with van der Waals surface area (Å²) in [6.45, 7) is 0. The fraction of sp³-hybridized carbons (Fsp3) is 0.182. The minimum absolute atomic E-state index is 0.836. The van der Waals surface area contributed by atoms with Gasteiger partial charge in [-0.2, -0.15) is 5.10 Å². The quantitative estimate of drug-likeness (QED) is 0.836. The van der Waals surface area contributed by atoms with E-state index in [1.165, 1.54) is 0 Å². The molecule has 0 saturated carbocycles. The number of aryl methyl sites for hydroxylation is 1. The zero-order valence-electron chi connectivity index (χ0n) is 8.57. The van der Waals surface area contributed by atoms with Crippen molar-refractivity contribution < 1.29 is 4.74 Å². The number of halogens is 1. The lowest BCUT2D eigenvalue weighted by molar-refractivity contribution is 0.415. The Morgan fingerprint density at radius 3 is 2.73 bits per heavy atom. The molecule has 0 spiro atoms. The molecule has 2 aromatic rings. The molecule has 0 bridgehead atoms. The van der Waals surface area contributed by atoms with Crippen LogP contribution in [0.4, 0.5) is 0 Å². The van der Waals surface area contributed by atoms with Gasteiger partial charge in [-0.05, 0) is 34.1 Å². The molecular formula is C11H11BrN2O. The van der Waals surface area contributed by atoms with Crippen molar-refractivity contribution in [3.63, 3.8) is 0 Å². The van der Waals surface area contributed by atoms with Crippen LogP contribution in [0, 0.1) is 0 Å². The fourth-order valence-electron chi connectivity index (χ4n) is 1.48. The molecule has 0 atom stereocenters. The Labute approximate surface area is 96.8 Å². The van der Waals surface area contributed by atoms with E-state index in [0.29, 0.717) is 0 Å². The van der Waals surface area contributed by atoms with E-state index in [4.69, 9.17) is 4.74 Å². The maximum absolute atomic E-state index is 5.18. The first-order valence-corrected chi connectivity index (χ1v) is 5.34. The summed E-state index contributed by atoms with van der Waals surface area (Å²) in [5.41, 5.74) is 2.15. The lowest BCUT2D eigenvalue weighted by atomic mass is 10.1. The zero-order chi connectivity index (χ0) is 10.8. The van der Waals surface area contributed by atoms with E-state index in [0.717, 1.165) is 21.6 Å². The molecule has 1 aromatic heterocycles. The highest BCUT2D eigenvalue weighted by atomic mass is 79.9. The van der Waals surface area contributed by atoms with Crippen LogP contribution in [0.5, 0.6) is 5.75 Å². The smallest absolute Gasteiger partial charge is 0.128 e. The monoisotopic (exact) mass is 266 g/mol. The largest absolute Gasteiger partial charge is 0.497 e. The van der Waals surface area contributed by atoms with Gasteiger partial charge in [0.05, 0.1) is 12.8 Å². The molecule has 1 heterocycles. The number of hydrogen-bond donors (Lipinski definition) is 0. The molecule has 0 fully saturated rings. The molecule has 0 aliphatic carbocycles. The third kappa shape index (κ3) is 2.04. The van der Waals surface area contributed by atoms with Gasteiger partial charge in [0.15, 0.2) is 0 Å². The van der Waals surface area contributed by atoms with Crippen LogP contribution in [0.1, 0.15) is 0 Å². The molecule has 0 aliphatic rings. The highest BCUT2D eigenvalue weighted by Gasteiger charge is 2.06. The van der Waals surface area contributed by atoms with Crippen LogP contribution in [-0.2, 0) is 7.05 Å². The van der Waals surface area contributed by atoms with Gasteiger partial charge < -0.3 is 4.74 Å². The SMILES string of the molecule is COc1cccc(-c2cc(Br)nn2C)c1. The highest BCUT2D eigenvalue weighted by molar-refractivity contribution is 9.10. The van der Waals surface area contributed by atoms with Crippen LogP contribution in [0.25, 0.3) is 11.3 Å². The van der Waals surface area contributed by atoms with Crippen molar-refractivity contribution in [3.05, 3.63) is 34.9 Å². The summed E-state index contributed by atoms with van der Waals surface area (Å²) in [5.74, 6) is 0.852. The summed E-state index contributed by atoms with van der Waals surface area (Å²) in [6.07, 6.45) is 0. The maximum Gasteiger partial charge on any atom is 0.128 e. The van der Waals surface area contributed by atoms with Crippen LogP contribution in [0.2, 0.25) is 0 Å². The number of rotatable bonds is 2. The molecule has 78 valence electrons. The number of nitrogens with zero attached hydrogens (tertiary/aromatic N) is 2. The van der Waals surface area contributed by atoms with Crippen molar-refractivity contribution in [2.45, 2.75) is 0 Å². The van der Waals surface area contributed by atoms with Crippen molar-refractivity contribution >= 4 is 15.9 Å². The lowest BCUT2D eigenvalue weighted by Crippen LogP contribution is -1.93. The molecular weight excluding hydrogens is 256 g/mol. The van der Waals surface area contributed by atoms with E-state index in [9.17, 15) is 0 Å². The number of benzene rings is 1. The second-order valence-electron chi connectivity index (χ2n) is 3.21. The Morgan fingerprint density at radius 1 is 1.33 bits per heavy atom. The highest BCUT2D eigenvalue weighted by Crippen LogP contribution is 2.25. The molecule has 1 aromatic carbocycles. The van der Waals surface area contributed by atoms with E-state index in [-0.39, 0.29) is 0 Å². The van der Waals surface area contributed by atoms with Gasteiger partial charge in [0, 0.05) is 12.6 Å². The molecule has 3 nitrogen and oxygen atoms in total. The fourth-order valence-corrected chi connectivity index (χ4v) is 1.94. The lowest BCUT2D eigenvalue weighted by Gasteiger charge is -2.04. The number of ether oxygens (including phenoxy) is 1. The summed E-state index contributed by atoms with van der Waals surface area (Å²) in [7, 11) is 3.58. The summed E-state index contributed by atoms with van der Waals surface area (Å²) < 4.78 is 7.85. The molecule has 0 radical (unpaired) electrons. The Hall–Kier alpha value is -1.29. The van der Waals surface area contributed by atoms with Crippen molar-refractivity contribution in [2.24, 2.45) is 7.05 Å². The number of aromatic nitrogens is 2. The predicted octanol–water partition coefficient (Wildman–Crippen LogP) is 2.86. The first kappa shape index (κ1) is 10.2. The third-order valence-electron chi connectivity index (χ3n) is 2.22. The molecule has 15 heavy (non-hydrogen) atoms. The molecule has 0 amide bonds. The van der Waals surface area contributed by atoms with Gasteiger partial charge in [-0.1, -0.05) is 12.1 Å². The van der Waals surface area contributed by atoms with Crippen LogP contribution >= 0.6 is 15.9 Å². The summed E-state index contributed by atoms with van der Waals surface area (Å²) in [5, 5.41) is 4.24. The Balaban J connectivity index is 2.49. The van der Waals surface area contributed by atoms with E-state index in [1.54, 1.807) is 7.11 Å². The average Bonchev–Trinajstić information content (AvgIpc) is 2.58. The minimum Gasteiger partial charge on any atom is -0.497 e. The van der Waals surface area contributed by atoms with E-state index < -0.39 is 0 Å². The first-order chi connectivity index (χ1) is 7.20. The van der Waals surface area contributed by atoms with E-state index in [1.807, 2.05) is 42.1 Å². The molecule has 0 N–H and O–H groups in total. The predicted molar refractivity (Wildman–Crippen MR) is 62.9 cm³/mol. The summed E-state index contributed by atoms with van der Waals surface area (Å²) in [4.78, 5) is 0. The van der Waals surface area contributed by atoms with Gasteiger partial charge in [0.25, 0.3) is 0 Å². The van der Waals surface area contributed by atoms with Crippen molar-refractivity contribution in [3.8, 4) is 17.0 Å². The second kappa shape index (κ2) is 4.06. The average molecular weight is 267 g/mol. The maximum atomic E-state index is 5.18. The Bertz CT molecular complexity index is 479. The minimum atomic E-state index is 0.836. The van der Waals surface area contributed by atoms with Gasteiger partial charge in [-0.15, -0.1) is 0 Å². The van der Waals surface area contributed by atoms with Crippen molar-refractivity contribution in [2.75, 3.05) is 7.11 Å². The van der Waals surface area contributed by atoms with Crippen LogP contribution in [-0.4, -0.2) is 16.9 Å². The summed E-state index contributed by atoms with van der Waals surface area (Å²) in [6, 6.07) is 9.90. The molecule has 0 aliphatic heterocycles. The zero-order valence-corrected chi connectivity index (χ0v) is 10.2. The van der Waals surface area contributed by atoms with Gasteiger partial charge >= 0.3 is 0 Å². The Morgan fingerprint density at radius 2 is 2.13 bits per heavy atom. The third-order valence-corrected chi connectivity index (χ3v) is 2.60. The van der Waals surface area contributed by atoms with Gasteiger partial charge in [-0.3, -0.25) is 4.68 Å². The van der Waals surface area contributed by atoms with Crippen LogP contribution in [0.3, 0.4) is 0 Å². The van der Waals surface area contributed by atoms with Crippen LogP contribution in [0.15, 0.2) is 34.9 Å². The second-order valence-corrected chi connectivity index (χ2v) is 4.02. The first-order valence-electron chi connectivity index (χ1n) is 4.54. The molecule has 4 heteroatoms. The number of methoxy groups -OCH3 is 1. The van der Waals surface area contributed by atoms with E-state index in [2.05, 4.69) is 21.0 Å². The molecule has 0 saturated heterocycles. The van der Waals surface area contributed by atoms with E-state index >= 15 is 0 Å². The van der Waals surface area contributed by atoms with Gasteiger partial charge in [0.1, 0.15) is 10.4 Å². The van der Waals surface area contributed by atoms with Crippen molar-refractivity contribution in [1.29, 1.82) is 0 Å². The van der Waals surface area contributed by atoms with Crippen LogP contribution < -0.4 is 4.74 Å². The van der Waals surface area contributed by atoms with Gasteiger partial charge in [-0.25, -0.2) is 0 Å². The topological polar surface area (TPSA) is 27.1 Å².